The Kier molecular flexibility index (Phi) is 5.64. The molecule has 3 N–H and O–H groups in total. The van der Waals surface area contributed by atoms with Crippen LogP contribution in [-0.4, -0.2) is 35.7 Å². The molecular weight excluding hydrogens is 240 g/mol. The van der Waals surface area contributed by atoms with Gasteiger partial charge in [0.2, 0.25) is 5.91 Å². The lowest BCUT2D eigenvalue weighted by Crippen LogP contribution is -2.47. The largest absolute Gasteiger partial charge is 0.393 e. The molecule has 4 heteroatoms. The van der Waals surface area contributed by atoms with Crippen LogP contribution in [0.3, 0.4) is 0 Å². The molecule has 2 rings (SSSR count). The minimum atomic E-state index is -0.136. The van der Waals surface area contributed by atoms with Crippen molar-refractivity contribution in [1.29, 1.82) is 0 Å². The normalized spacial score (nSPS) is 30.2. The van der Waals surface area contributed by atoms with Gasteiger partial charge in [0.1, 0.15) is 0 Å². The fourth-order valence-corrected chi connectivity index (χ4v) is 3.28. The van der Waals surface area contributed by atoms with Gasteiger partial charge in [-0.2, -0.15) is 0 Å². The minimum absolute atomic E-state index is 0.125. The molecule has 0 aromatic carbocycles. The maximum atomic E-state index is 12.0. The monoisotopic (exact) mass is 268 g/mol. The number of amides is 1. The molecule has 0 aliphatic heterocycles. The molecule has 1 amide bonds. The smallest absolute Gasteiger partial charge is 0.237 e. The Bertz CT molecular complexity index is 290. The highest BCUT2D eigenvalue weighted by Gasteiger charge is 2.23. The Hall–Kier alpha value is -0.610. The zero-order valence-electron chi connectivity index (χ0n) is 12.0. The Morgan fingerprint density at radius 2 is 1.95 bits per heavy atom. The maximum Gasteiger partial charge on any atom is 0.237 e. The van der Waals surface area contributed by atoms with Crippen LogP contribution in [0, 0.1) is 5.92 Å². The molecule has 0 aromatic rings. The van der Waals surface area contributed by atoms with Crippen LogP contribution in [0.4, 0.5) is 0 Å². The zero-order chi connectivity index (χ0) is 13.7. The van der Waals surface area contributed by atoms with Crippen LogP contribution < -0.4 is 10.6 Å². The second-order valence-corrected chi connectivity index (χ2v) is 6.31. The summed E-state index contributed by atoms with van der Waals surface area (Å²) in [5.74, 6) is 0.647. The first kappa shape index (κ1) is 14.8. The predicted molar refractivity (Wildman–Crippen MR) is 75.8 cm³/mol. The highest BCUT2D eigenvalue weighted by Crippen LogP contribution is 2.23. The third-order valence-corrected chi connectivity index (χ3v) is 4.56. The molecule has 19 heavy (non-hydrogen) atoms. The van der Waals surface area contributed by atoms with Crippen molar-refractivity contribution in [2.45, 2.75) is 76.5 Å². The van der Waals surface area contributed by atoms with E-state index in [2.05, 4.69) is 10.6 Å². The van der Waals surface area contributed by atoms with E-state index in [9.17, 15) is 9.90 Å². The van der Waals surface area contributed by atoms with E-state index < -0.39 is 0 Å². The van der Waals surface area contributed by atoms with Crippen molar-refractivity contribution in [2.75, 3.05) is 6.54 Å². The summed E-state index contributed by atoms with van der Waals surface area (Å²) in [5.41, 5.74) is 0. The van der Waals surface area contributed by atoms with Gasteiger partial charge in [0, 0.05) is 6.04 Å². The van der Waals surface area contributed by atoms with Crippen molar-refractivity contribution in [3.63, 3.8) is 0 Å². The maximum absolute atomic E-state index is 12.0. The topological polar surface area (TPSA) is 61.4 Å². The second kappa shape index (κ2) is 7.25. The molecule has 2 fully saturated rings. The molecule has 0 spiro atoms. The summed E-state index contributed by atoms with van der Waals surface area (Å²) in [6, 6.07) is 0.271. The van der Waals surface area contributed by atoms with E-state index in [1.807, 2.05) is 6.92 Å². The average Bonchev–Trinajstić information content (AvgIpc) is 2.89. The van der Waals surface area contributed by atoms with E-state index in [1.165, 1.54) is 19.3 Å². The molecule has 0 heterocycles. The summed E-state index contributed by atoms with van der Waals surface area (Å²) >= 11 is 0. The van der Waals surface area contributed by atoms with E-state index in [-0.39, 0.29) is 18.1 Å². The van der Waals surface area contributed by atoms with Crippen LogP contribution in [0.2, 0.25) is 0 Å². The van der Waals surface area contributed by atoms with Crippen molar-refractivity contribution < 1.29 is 9.90 Å². The third-order valence-electron chi connectivity index (χ3n) is 4.56. The van der Waals surface area contributed by atoms with Crippen LogP contribution in [0.15, 0.2) is 0 Å². The van der Waals surface area contributed by atoms with Crippen LogP contribution in [-0.2, 0) is 4.79 Å². The Morgan fingerprint density at radius 3 is 2.63 bits per heavy atom. The summed E-state index contributed by atoms with van der Waals surface area (Å²) in [5, 5.41) is 16.1. The van der Waals surface area contributed by atoms with Crippen LogP contribution in [0.25, 0.3) is 0 Å². The molecule has 0 aromatic heterocycles. The van der Waals surface area contributed by atoms with Gasteiger partial charge in [0.15, 0.2) is 0 Å². The molecule has 0 saturated heterocycles. The number of aliphatic hydroxyl groups is 1. The molecule has 2 aliphatic carbocycles. The third kappa shape index (κ3) is 4.77. The first-order valence-electron chi connectivity index (χ1n) is 7.87. The first-order valence-corrected chi connectivity index (χ1v) is 7.87. The van der Waals surface area contributed by atoms with Crippen LogP contribution >= 0.6 is 0 Å². The fraction of sp³-hybridized carbons (Fsp3) is 0.933. The SMILES string of the molecule is CC(NCC1CCCC(O)C1)C(=O)NC1CCCC1. The standard InChI is InChI=1S/C15H28N2O2/c1-11(15(19)17-13-6-2-3-7-13)16-10-12-5-4-8-14(18)9-12/h11-14,16,18H,2-10H2,1H3,(H,17,19). The number of carbonyl (C=O) groups excluding carboxylic acids is 1. The van der Waals surface area contributed by atoms with Gasteiger partial charge in [-0.05, 0) is 51.5 Å². The lowest BCUT2D eigenvalue weighted by atomic mass is 9.87. The van der Waals surface area contributed by atoms with Crippen molar-refractivity contribution in [3.8, 4) is 0 Å². The number of hydrogen-bond acceptors (Lipinski definition) is 3. The van der Waals surface area contributed by atoms with Gasteiger partial charge in [-0.25, -0.2) is 0 Å². The summed E-state index contributed by atoms with van der Waals surface area (Å²) < 4.78 is 0. The van der Waals surface area contributed by atoms with E-state index in [4.69, 9.17) is 0 Å². The molecule has 4 nitrogen and oxygen atoms in total. The lowest BCUT2D eigenvalue weighted by molar-refractivity contribution is -0.123. The van der Waals surface area contributed by atoms with Gasteiger partial charge >= 0.3 is 0 Å². The predicted octanol–water partition coefficient (Wildman–Crippen LogP) is 1.57. The second-order valence-electron chi connectivity index (χ2n) is 6.31. The van der Waals surface area contributed by atoms with Gasteiger partial charge in [-0.1, -0.05) is 19.3 Å². The molecule has 2 saturated carbocycles. The molecular formula is C15H28N2O2. The van der Waals surface area contributed by atoms with Gasteiger partial charge in [-0.3, -0.25) is 4.79 Å². The molecule has 0 radical (unpaired) electrons. The Balaban J connectivity index is 1.65. The van der Waals surface area contributed by atoms with Crippen molar-refractivity contribution in [3.05, 3.63) is 0 Å². The van der Waals surface area contributed by atoms with Gasteiger partial charge in [0.25, 0.3) is 0 Å². The van der Waals surface area contributed by atoms with Crippen molar-refractivity contribution >= 4 is 5.91 Å². The van der Waals surface area contributed by atoms with Gasteiger partial charge < -0.3 is 15.7 Å². The molecule has 3 atom stereocenters. The summed E-state index contributed by atoms with van der Waals surface area (Å²) in [4.78, 5) is 12.0. The first-order chi connectivity index (χ1) is 9.15. The Labute approximate surface area is 116 Å². The summed E-state index contributed by atoms with van der Waals surface area (Å²) in [7, 11) is 0. The number of nitrogens with one attached hydrogen (secondary N) is 2. The summed E-state index contributed by atoms with van der Waals surface area (Å²) in [6.45, 7) is 2.78. The van der Waals surface area contributed by atoms with Crippen LogP contribution in [0.1, 0.15) is 58.3 Å². The van der Waals surface area contributed by atoms with Gasteiger partial charge in [-0.15, -0.1) is 0 Å². The molecule has 3 unspecified atom stereocenters. The van der Waals surface area contributed by atoms with Crippen LogP contribution in [0.5, 0.6) is 0 Å². The highest BCUT2D eigenvalue weighted by atomic mass is 16.3. The summed E-state index contributed by atoms with van der Waals surface area (Å²) in [6.07, 6.45) is 8.71. The molecule has 0 bridgehead atoms. The van der Waals surface area contributed by atoms with E-state index >= 15 is 0 Å². The highest BCUT2D eigenvalue weighted by molar-refractivity contribution is 5.81. The number of aliphatic hydroxyl groups excluding tert-OH is 1. The van der Waals surface area contributed by atoms with Crippen molar-refractivity contribution in [2.24, 2.45) is 5.92 Å². The van der Waals surface area contributed by atoms with E-state index in [0.29, 0.717) is 12.0 Å². The van der Waals surface area contributed by atoms with E-state index in [0.717, 1.165) is 38.6 Å². The quantitative estimate of drug-likeness (QED) is 0.709. The van der Waals surface area contributed by atoms with Gasteiger partial charge in [0.05, 0.1) is 12.1 Å². The minimum Gasteiger partial charge on any atom is -0.393 e. The molecule has 110 valence electrons. The number of hydrogen-bond donors (Lipinski definition) is 3. The van der Waals surface area contributed by atoms with E-state index in [1.54, 1.807) is 0 Å². The number of rotatable bonds is 5. The van der Waals surface area contributed by atoms with Crippen molar-refractivity contribution in [1.82, 2.24) is 10.6 Å². The average molecular weight is 268 g/mol. The zero-order valence-corrected chi connectivity index (χ0v) is 12.0. The molecule has 2 aliphatic rings. The fourth-order valence-electron chi connectivity index (χ4n) is 3.28. The lowest BCUT2D eigenvalue weighted by Gasteiger charge is -2.27. The Morgan fingerprint density at radius 1 is 1.21 bits per heavy atom. The number of carbonyl (C=O) groups is 1.